The van der Waals surface area contributed by atoms with Crippen molar-refractivity contribution in [3.63, 3.8) is 0 Å². The van der Waals surface area contributed by atoms with Gasteiger partial charge in [0.15, 0.2) is 0 Å². The molecular formula is C10H7ClF3NO2. The summed E-state index contributed by atoms with van der Waals surface area (Å²) in [5, 5.41) is 2.12. The average molecular weight is 266 g/mol. The third kappa shape index (κ3) is 3.45. The molecule has 0 saturated carbocycles. The van der Waals surface area contributed by atoms with E-state index in [2.05, 4.69) is 5.32 Å². The number of ketones is 1. The van der Waals surface area contributed by atoms with Crippen molar-refractivity contribution in [3.05, 3.63) is 29.8 Å². The van der Waals surface area contributed by atoms with Gasteiger partial charge in [0.25, 0.3) is 5.78 Å². The zero-order valence-corrected chi connectivity index (χ0v) is 9.10. The van der Waals surface area contributed by atoms with Gasteiger partial charge in [-0.25, -0.2) is 0 Å². The number of rotatable bonds is 3. The van der Waals surface area contributed by atoms with E-state index >= 15 is 0 Å². The van der Waals surface area contributed by atoms with E-state index in [1.807, 2.05) is 0 Å². The zero-order chi connectivity index (χ0) is 13.1. The Morgan fingerprint density at radius 1 is 1.24 bits per heavy atom. The number of hydrogen-bond donors (Lipinski definition) is 1. The number of nitrogens with one attached hydrogen (secondary N) is 1. The predicted octanol–water partition coefficient (Wildman–Crippen LogP) is 2.61. The van der Waals surface area contributed by atoms with E-state index < -0.39 is 29.3 Å². The summed E-state index contributed by atoms with van der Waals surface area (Å²) in [4.78, 5) is 22.0. The summed E-state index contributed by atoms with van der Waals surface area (Å²) in [6.45, 7) is 0. The maximum atomic E-state index is 12.2. The number of anilines is 1. The van der Waals surface area contributed by atoms with Gasteiger partial charge in [-0.15, -0.1) is 11.6 Å². The molecule has 0 unspecified atom stereocenters. The Kier molecular flexibility index (Phi) is 4.11. The van der Waals surface area contributed by atoms with Crippen molar-refractivity contribution in [1.82, 2.24) is 0 Å². The molecule has 0 aliphatic carbocycles. The summed E-state index contributed by atoms with van der Waals surface area (Å²) in [5.74, 6) is -3.11. The van der Waals surface area contributed by atoms with Crippen LogP contribution in [0.2, 0.25) is 0 Å². The monoisotopic (exact) mass is 265 g/mol. The minimum Gasteiger partial charge on any atom is -0.324 e. The lowest BCUT2D eigenvalue weighted by Gasteiger charge is -2.10. The minimum absolute atomic E-state index is 0.208. The number of para-hydroxylation sites is 1. The first-order valence-electron chi connectivity index (χ1n) is 4.42. The van der Waals surface area contributed by atoms with Crippen molar-refractivity contribution in [2.75, 3.05) is 11.2 Å². The number of alkyl halides is 4. The van der Waals surface area contributed by atoms with Crippen LogP contribution >= 0.6 is 11.6 Å². The van der Waals surface area contributed by atoms with E-state index in [4.69, 9.17) is 11.6 Å². The van der Waals surface area contributed by atoms with E-state index in [-0.39, 0.29) is 5.69 Å². The fraction of sp³-hybridized carbons (Fsp3) is 0.200. The number of hydrogen-bond acceptors (Lipinski definition) is 2. The van der Waals surface area contributed by atoms with Gasteiger partial charge in [0.2, 0.25) is 5.91 Å². The van der Waals surface area contributed by atoms with Gasteiger partial charge in [-0.2, -0.15) is 13.2 Å². The zero-order valence-electron chi connectivity index (χ0n) is 8.34. The quantitative estimate of drug-likeness (QED) is 0.674. The highest BCUT2D eigenvalue weighted by Gasteiger charge is 2.40. The van der Waals surface area contributed by atoms with Gasteiger partial charge in [-0.1, -0.05) is 12.1 Å². The van der Waals surface area contributed by atoms with Gasteiger partial charge in [0.05, 0.1) is 11.3 Å². The van der Waals surface area contributed by atoms with Crippen LogP contribution in [0.4, 0.5) is 18.9 Å². The Morgan fingerprint density at radius 2 is 1.82 bits per heavy atom. The lowest BCUT2D eigenvalue weighted by molar-refractivity contribution is -0.114. The highest BCUT2D eigenvalue weighted by atomic mass is 35.5. The van der Waals surface area contributed by atoms with Gasteiger partial charge in [-0.3, -0.25) is 9.59 Å². The molecule has 1 rings (SSSR count). The van der Waals surface area contributed by atoms with E-state index in [1.54, 1.807) is 0 Å². The maximum absolute atomic E-state index is 12.2. The van der Waals surface area contributed by atoms with Crippen LogP contribution in [0.5, 0.6) is 0 Å². The highest BCUT2D eigenvalue weighted by Crippen LogP contribution is 2.26. The first kappa shape index (κ1) is 13.5. The van der Waals surface area contributed by atoms with Crippen LogP contribution in [0.25, 0.3) is 0 Å². The van der Waals surface area contributed by atoms with E-state index in [0.717, 1.165) is 6.07 Å². The summed E-state index contributed by atoms with van der Waals surface area (Å²) in [6.07, 6.45) is -4.98. The molecule has 0 saturated heterocycles. The summed E-state index contributed by atoms with van der Waals surface area (Å²) in [5.41, 5.74) is -0.820. The number of Topliss-reactive ketones (excluding diaryl/α,β-unsaturated/α-hetero) is 1. The van der Waals surface area contributed by atoms with Gasteiger partial charge in [0, 0.05) is 0 Å². The van der Waals surface area contributed by atoms with Crippen LogP contribution in [0.3, 0.4) is 0 Å². The third-order valence-corrected chi connectivity index (χ3v) is 2.07. The van der Waals surface area contributed by atoms with Crippen molar-refractivity contribution >= 4 is 29.0 Å². The Hall–Kier alpha value is -1.56. The summed E-state index contributed by atoms with van der Waals surface area (Å²) < 4.78 is 36.7. The van der Waals surface area contributed by atoms with Crippen LogP contribution < -0.4 is 5.32 Å². The summed E-state index contributed by atoms with van der Waals surface area (Å²) in [6, 6.07) is 4.86. The Morgan fingerprint density at radius 3 is 2.35 bits per heavy atom. The minimum atomic E-state index is -4.98. The van der Waals surface area contributed by atoms with Crippen molar-refractivity contribution in [1.29, 1.82) is 0 Å². The number of halogens is 4. The second kappa shape index (κ2) is 5.18. The molecule has 92 valence electrons. The SMILES string of the molecule is O=C(CCl)Nc1ccccc1C(=O)C(F)(F)F. The van der Waals surface area contributed by atoms with E-state index in [0.29, 0.717) is 0 Å². The summed E-state index contributed by atoms with van der Waals surface area (Å²) >= 11 is 5.20. The molecule has 0 atom stereocenters. The molecule has 0 fully saturated rings. The van der Waals surface area contributed by atoms with Crippen LogP contribution in [0.15, 0.2) is 24.3 Å². The largest absolute Gasteiger partial charge is 0.454 e. The van der Waals surface area contributed by atoms with Gasteiger partial charge >= 0.3 is 6.18 Å². The van der Waals surface area contributed by atoms with Gasteiger partial charge in [0.1, 0.15) is 5.88 Å². The molecule has 17 heavy (non-hydrogen) atoms. The smallest absolute Gasteiger partial charge is 0.324 e. The Labute approximate surface area is 99.6 Å². The molecular weight excluding hydrogens is 259 g/mol. The highest BCUT2D eigenvalue weighted by molar-refractivity contribution is 6.29. The lowest BCUT2D eigenvalue weighted by atomic mass is 10.1. The van der Waals surface area contributed by atoms with Gasteiger partial charge < -0.3 is 5.32 Å². The van der Waals surface area contributed by atoms with Crippen LogP contribution in [-0.2, 0) is 4.79 Å². The number of carbonyl (C=O) groups is 2. The van der Waals surface area contributed by atoms with Crippen LogP contribution in [0, 0.1) is 0 Å². The second-order valence-electron chi connectivity index (χ2n) is 3.05. The van der Waals surface area contributed by atoms with E-state index in [1.165, 1.54) is 18.2 Å². The molecule has 1 N–H and O–H groups in total. The number of amides is 1. The predicted molar refractivity (Wildman–Crippen MR) is 56.2 cm³/mol. The second-order valence-corrected chi connectivity index (χ2v) is 3.32. The molecule has 0 bridgehead atoms. The molecule has 1 aromatic carbocycles. The molecule has 0 spiro atoms. The maximum Gasteiger partial charge on any atom is 0.454 e. The first-order valence-corrected chi connectivity index (χ1v) is 4.96. The molecule has 0 aliphatic rings. The van der Waals surface area contributed by atoms with Crippen LogP contribution in [-0.4, -0.2) is 23.7 Å². The van der Waals surface area contributed by atoms with Crippen molar-refractivity contribution < 1.29 is 22.8 Å². The Bertz CT molecular complexity index is 445. The van der Waals surface area contributed by atoms with Crippen molar-refractivity contribution in [2.24, 2.45) is 0 Å². The fourth-order valence-electron chi connectivity index (χ4n) is 1.13. The van der Waals surface area contributed by atoms with Crippen LogP contribution in [0.1, 0.15) is 10.4 Å². The Balaban J connectivity index is 3.08. The summed E-state index contributed by atoms with van der Waals surface area (Å²) in [7, 11) is 0. The molecule has 0 aromatic heterocycles. The average Bonchev–Trinajstić information content (AvgIpc) is 2.27. The molecule has 1 amide bonds. The molecule has 7 heteroatoms. The van der Waals surface area contributed by atoms with E-state index in [9.17, 15) is 22.8 Å². The number of carbonyl (C=O) groups excluding carboxylic acids is 2. The standard InChI is InChI=1S/C10H7ClF3NO2/c11-5-8(16)15-7-4-2-1-3-6(7)9(17)10(12,13)14/h1-4H,5H2,(H,15,16). The van der Waals surface area contributed by atoms with Crippen molar-refractivity contribution in [3.8, 4) is 0 Å². The van der Waals surface area contributed by atoms with Gasteiger partial charge in [-0.05, 0) is 12.1 Å². The van der Waals surface area contributed by atoms with Crippen molar-refractivity contribution in [2.45, 2.75) is 6.18 Å². The molecule has 0 radical (unpaired) electrons. The number of benzene rings is 1. The topological polar surface area (TPSA) is 46.2 Å². The molecule has 3 nitrogen and oxygen atoms in total. The first-order chi connectivity index (χ1) is 7.86. The molecule has 1 aromatic rings. The fourth-order valence-corrected chi connectivity index (χ4v) is 1.19. The molecule has 0 aliphatic heterocycles. The molecule has 0 heterocycles. The third-order valence-electron chi connectivity index (χ3n) is 1.82. The normalized spacial score (nSPS) is 11.1. The lowest BCUT2D eigenvalue weighted by Crippen LogP contribution is -2.25.